The summed E-state index contributed by atoms with van der Waals surface area (Å²) >= 11 is 0. The molecule has 0 saturated heterocycles. The van der Waals surface area contributed by atoms with Gasteiger partial charge in [-0.3, -0.25) is 0 Å². The Kier molecular flexibility index (Phi) is 3.45. The molecule has 0 atom stereocenters. The average Bonchev–Trinajstić information content (AvgIpc) is 2.52. The predicted molar refractivity (Wildman–Crippen MR) is 71.4 cm³/mol. The first-order chi connectivity index (χ1) is 8.02. The minimum atomic E-state index is 0.496. The highest BCUT2D eigenvalue weighted by Gasteiger charge is 2.31. The molecule has 0 bridgehead atoms. The maximum absolute atomic E-state index is 3.62. The zero-order valence-corrected chi connectivity index (χ0v) is 11.9. The number of nitrogens with one attached hydrogen (secondary N) is 1. The van der Waals surface area contributed by atoms with E-state index in [1.54, 1.807) is 11.3 Å². The first kappa shape index (κ1) is 12.5. The fourth-order valence-electron chi connectivity index (χ4n) is 2.99. The number of aromatic nitrogens is 2. The van der Waals surface area contributed by atoms with E-state index in [4.69, 9.17) is 0 Å². The lowest BCUT2D eigenvalue weighted by Crippen LogP contribution is -2.47. The fraction of sp³-hybridized carbons (Fsp3) is 0.786. The van der Waals surface area contributed by atoms with E-state index in [0.29, 0.717) is 12.1 Å². The molecular formula is C14H26N3+. The molecule has 0 aliphatic heterocycles. The van der Waals surface area contributed by atoms with Gasteiger partial charge in [0.15, 0.2) is 11.9 Å². The molecule has 1 aliphatic carbocycles. The van der Waals surface area contributed by atoms with Crippen LogP contribution >= 0.6 is 0 Å². The topological polar surface area (TPSA) is 20.8 Å². The van der Waals surface area contributed by atoms with E-state index in [9.17, 15) is 0 Å². The summed E-state index contributed by atoms with van der Waals surface area (Å²) in [6.07, 6.45) is 5.14. The summed E-state index contributed by atoms with van der Waals surface area (Å²) in [5, 5.41) is 3.62. The van der Waals surface area contributed by atoms with Crippen molar-refractivity contribution in [3.8, 4) is 0 Å². The number of anilines is 1. The largest absolute Gasteiger partial charge is 0.365 e. The maximum atomic E-state index is 3.62. The molecule has 1 heterocycles. The van der Waals surface area contributed by atoms with Crippen LogP contribution in [0.4, 0.5) is 5.82 Å². The third-order valence-corrected chi connectivity index (χ3v) is 3.56. The number of nitrogens with zero attached hydrogens (tertiary/aromatic N) is 2. The zero-order chi connectivity index (χ0) is 12.6. The third-order valence-electron chi connectivity index (χ3n) is 3.56. The Morgan fingerprint density at radius 2 is 1.76 bits per heavy atom. The van der Waals surface area contributed by atoms with E-state index in [2.05, 4.69) is 49.4 Å². The predicted octanol–water partition coefficient (Wildman–Crippen LogP) is 2.59. The van der Waals surface area contributed by atoms with Crippen LogP contribution in [0.2, 0.25) is 0 Å². The first-order valence-corrected chi connectivity index (χ1v) is 6.91. The molecule has 0 aromatic carbocycles. The van der Waals surface area contributed by atoms with Gasteiger partial charge in [-0.15, -0.1) is 9.36 Å². The second kappa shape index (κ2) is 4.71. The van der Waals surface area contributed by atoms with Gasteiger partial charge in [0, 0.05) is 12.5 Å². The Bertz CT molecular complexity index is 402. The summed E-state index contributed by atoms with van der Waals surface area (Å²) in [6.45, 7) is 8.96. The van der Waals surface area contributed by atoms with Gasteiger partial charge in [-0.2, -0.15) is 0 Å². The molecule has 0 saturated carbocycles. The molecule has 3 heteroatoms. The highest BCUT2D eigenvalue weighted by molar-refractivity contribution is 5.47. The Balaban J connectivity index is 2.51. The normalized spacial score (nSPS) is 15.5. The van der Waals surface area contributed by atoms with Gasteiger partial charge in [0.1, 0.15) is 0 Å². The van der Waals surface area contributed by atoms with Crippen molar-refractivity contribution >= 4 is 5.82 Å². The van der Waals surface area contributed by atoms with Gasteiger partial charge in [0.05, 0.1) is 12.6 Å². The molecule has 0 unspecified atom stereocenters. The second-order valence-corrected chi connectivity index (χ2v) is 5.74. The van der Waals surface area contributed by atoms with Crippen molar-refractivity contribution in [3.05, 3.63) is 11.3 Å². The van der Waals surface area contributed by atoms with Crippen LogP contribution in [0.15, 0.2) is 0 Å². The van der Waals surface area contributed by atoms with Gasteiger partial charge < -0.3 is 5.32 Å². The monoisotopic (exact) mass is 236 g/mol. The van der Waals surface area contributed by atoms with Crippen LogP contribution in [-0.4, -0.2) is 10.7 Å². The lowest BCUT2D eigenvalue weighted by Gasteiger charge is -2.11. The van der Waals surface area contributed by atoms with E-state index < -0.39 is 0 Å². The van der Waals surface area contributed by atoms with E-state index in [1.165, 1.54) is 31.5 Å². The number of fused-ring (bicyclic) bond motifs is 1. The van der Waals surface area contributed by atoms with Crippen molar-refractivity contribution in [1.82, 2.24) is 4.68 Å². The van der Waals surface area contributed by atoms with E-state index in [0.717, 1.165) is 0 Å². The molecule has 96 valence electrons. The molecule has 1 aromatic rings. The van der Waals surface area contributed by atoms with Gasteiger partial charge in [0.2, 0.25) is 5.69 Å². The van der Waals surface area contributed by atoms with Crippen molar-refractivity contribution in [1.29, 1.82) is 0 Å². The molecule has 1 aromatic heterocycles. The Labute approximate surface area is 105 Å². The quantitative estimate of drug-likeness (QED) is 0.800. The lowest BCUT2D eigenvalue weighted by molar-refractivity contribution is -0.795. The smallest absolute Gasteiger partial charge is 0.213 e. The van der Waals surface area contributed by atoms with Crippen molar-refractivity contribution in [3.63, 3.8) is 0 Å². The molecule has 0 spiro atoms. The van der Waals surface area contributed by atoms with Crippen LogP contribution in [0.25, 0.3) is 0 Å². The summed E-state index contributed by atoms with van der Waals surface area (Å²) in [4.78, 5) is 0. The highest BCUT2D eigenvalue weighted by Crippen LogP contribution is 2.27. The van der Waals surface area contributed by atoms with Gasteiger partial charge >= 0.3 is 0 Å². The Morgan fingerprint density at radius 1 is 1.12 bits per heavy atom. The van der Waals surface area contributed by atoms with Crippen LogP contribution < -0.4 is 10.00 Å². The second-order valence-electron chi connectivity index (χ2n) is 5.74. The molecule has 1 N–H and O–H groups in total. The SMILES string of the molecule is CC(C)Nc1c2c([n+](C(C)C)n1C)CCCC2. The minimum absolute atomic E-state index is 0.496. The summed E-state index contributed by atoms with van der Waals surface area (Å²) in [5.74, 6) is 1.34. The highest BCUT2D eigenvalue weighted by atomic mass is 15.4. The first-order valence-electron chi connectivity index (χ1n) is 6.91. The van der Waals surface area contributed by atoms with E-state index in [1.807, 2.05) is 0 Å². The van der Waals surface area contributed by atoms with Crippen molar-refractivity contribution < 1.29 is 4.68 Å². The molecule has 3 nitrogen and oxygen atoms in total. The van der Waals surface area contributed by atoms with E-state index >= 15 is 0 Å². The van der Waals surface area contributed by atoms with Gasteiger partial charge in [-0.1, -0.05) is 0 Å². The number of hydrogen-bond acceptors (Lipinski definition) is 1. The Hall–Kier alpha value is -0.990. The third kappa shape index (κ3) is 2.20. The molecule has 0 amide bonds. The molecule has 2 rings (SSSR count). The van der Waals surface area contributed by atoms with Gasteiger partial charge in [0.25, 0.3) is 0 Å². The standard InChI is InChI=1S/C14H25N3/c1-10(2)15-14-12-8-6-7-9-13(12)17(11(3)4)16(14)5/h10-11H,6-9H2,1-5H3/p+1. The summed E-state index contributed by atoms with van der Waals surface area (Å²) in [7, 11) is 2.18. The van der Waals surface area contributed by atoms with Crippen molar-refractivity contribution in [2.75, 3.05) is 5.32 Å². The Morgan fingerprint density at radius 3 is 2.35 bits per heavy atom. The van der Waals surface area contributed by atoms with Crippen molar-refractivity contribution in [2.45, 2.75) is 65.5 Å². The fourth-order valence-corrected chi connectivity index (χ4v) is 2.99. The van der Waals surface area contributed by atoms with Crippen LogP contribution in [0, 0.1) is 0 Å². The lowest BCUT2D eigenvalue weighted by atomic mass is 9.97. The zero-order valence-electron chi connectivity index (χ0n) is 11.9. The van der Waals surface area contributed by atoms with E-state index in [-0.39, 0.29) is 0 Å². The van der Waals surface area contributed by atoms with Crippen LogP contribution in [-0.2, 0) is 19.9 Å². The molecule has 17 heavy (non-hydrogen) atoms. The molecule has 1 aliphatic rings. The number of rotatable bonds is 3. The summed E-state index contributed by atoms with van der Waals surface area (Å²) < 4.78 is 4.78. The van der Waals surface area contributed by atoms with Crippen LogP contribution in [0.5, 0.6) is 0 Å². The summed E-state index contributed by atoms with van der Waals surface area (Å²) in [6, 6.07) is 1.03. The summed E-state index contributed by atoms with van der Waals surface area (Å²) in [5.41, 5.74) is 3.11. The van der Waals surface area contributed by atoms with Crippen LogP contribution in [0.3, 0.4) is 0 Å². The van der Waals surface area contributed by atoms with Crippen LogP contribution in [0.1, 0.15) is 57.8 Å². The number of hydrogen-bond donors (Lipinski definition) is 1. The van der Waals surface area contributed by atoms with Gasteiger partial charge in [-0.25, -0.2) is 0 Å². The van der Waals surface area contributed by atoms with Gasteiger partial charge in [-0.05, 0) is 47.0 Å². The molecule has 0 fully saturated rings. The maximum Gasteiger partial charge on any atom is 0.213 e. The molecular weight excluding hydrogens is 210 g/mol. The minimum Gasteiger partial charge on any atom is -0.365 e. The van der Waals surface area contributed by atoms with Crippen molar-refractivity contribution in [2.24, 2.45) is 7.05 Å². The average molecular weight is 236 g/mol. The molecule has 0 radical (unpaired) electrons.